The van der Waals surface area contributed by atoms with Crippen LogP contribution in [0.3, 0.4) is 0 Å². The fourth-order valence-corrected chi connectivity index (χ4v) is 2.21. The lowest BCUT2D eigenvalue weighted by Crippen LogP contribution is -2.35. The van der Waals surface area contributed by atoms with E-state index in [1.54, 1.807) is 32.4 Å². The quantitative estimate of drug-likeness (QED) is 0.825. The highest BCUT2D eigenvalue weighted by Crippen LogP contribution is 2.24. The number of hydrogen-bond acceptors (Lipinski definition) is 3. The van der Waals surface area contributed by atoms with Gasteiger partial charge in [-0.1, -0.05) is 0 Å². The maximum atomic E-state index is 12.4. The van der Waals surface area contributed by atoms with Crippen LogP contribution in [-0.2, 0) is 0 Å². The monoisotopic (exact) mass is 249 g/mol. The molecule has 2 rings (SSSR count). The van der Waals surface area contributed by atoms with Crippen LogP contribution in [0, 0.1) is 0 Å². The lowest BCUT2D eigenvalue weighted by atomic mass is 10.1. The number of benzene rings is 1. The molecule has 1 aromatic carbocycles. The van der Waals surface area contributed by atoms with Crippen molar-refractivity contribution in [3.05, 3.63) is 23.8 Å². The predicted molar refractivity (Wildman–Crippen MR) is 69.3 cm³/mol. The van der Waals surface area contributed by atoms with E-state index in [0.29, 0.717) is 17.1 Å². The van der Waals surface area contributed by atoms with Crippen molar-refractivity contribution < 1.29 is 14.3 Å². The summed E-state index contributed by atoms with van der Waals surface area (Å²) < 4.78 is 10.4. The van der Waals surface area contributed by atoms with Crippen LogP contribution in [0.15, 0.2) is 18.2 Å². The Hall–Kier alpha value is -1.71. The minimum Gasteiger partial charge on any atom is -0.497 e. The Morgan fingerprint density at radius 1 is 1.00 bits per heavy atom. The summed E-state index contributed by atoms with van der Waals surface area (Å²) in [5.41, 5.74) is 0.633. The molecule has 0 atom stereocenters. The Balaban J connectivity index is 2.22. The number of carbonyl (C=O) groups is 1. The van der Waals surface area contributed by atoms with Crippen LogP contribution in [0.25, 0.3) is 0 Å². The number of methoxy groups -OCH3 is 2. The summed E-state index contributed by atoms with van der Waals surface area (Å²) in [7, 11) is 3.17. The minimum absolute atomic E-state index is 0.0619. The summed E-state index contributed by atoms with van der Waals surface area (Å²) in [6.07, 6.45) is 3.39. The number of rotatable bonds is 3. The van der Waals surface area contributed by atoms with Gasteiger partial charge in [0.15, 0.2) is 0 Å². The number of ether oxygens (including phenoxy) is 2. The highest BCUT2D eigenvalue weighted by atomic mass is 16.5. The van der Waals surface area contributed by atoms with E-state index < -0.39 is 0 Å². The molecule has 4 heteroatoms. The van der Waals surface area contributed by atoms with Gasteiger partial charge in [-0.3, -0.25) is 4.79 Å². The third-order valence-corrected chi connectivity index (χ3v) is 3.24. The van der Waals surface area contributed by atoms with E-state index in [0.717, 1.165) is 25.9 Å². The Morgan fingerprint density at radius 2 is 1.56 bits per heavy atom. The molecule has 0 spiro atoms. The van der Waals surface area contributed by atoms with Crippen LogP contribution < -0.4 is 9.47 Å². The highest BCUT2D eigenvalue weighted by molar-refractivity contribution is 5.95. The molecule has 1 fully saturated rings. The van der Waals surface area contributed by atoms with Crippen molar-refractivity contribution in [3.63, 3.8) is 0 Å². The summed E-state index contributed by atoms with van der Waals surface area (Å²) in [5, 5.41) is 0. The first-order chi connectivity index (χ1) is 8.74. The largest absolute Gasteiger partial charge is 0.497 e. The van der Waals surface area contributed by atoms with Crippen LogP contribution in [0.5, 0.6) is 11.5 Å². The normalized spacial score (nSPS) is 15.3. The van der Waals surface area contributed by atoms with Crippen molar-refractivity contribution in [3.8, 4) is 11.5 Å². The van der Waals surface area contributed by atoms with Gasteiger partial charge in [0.1, 0.15) is 11.5 Å². The first-order valence-electron chi connectivity index (χ1n) is 6.27. The second-order valence-electron chi connectivity index (χ2n) is 4.45. The summed E-state index contributed by atoms with van der Waals surface area (Å²) in [6, 6.07) is 5.30. The fourth-order valence-electron chi connectivity index (χ4n) is 2.21. The molecule has 0 saturated carbocycles. The molecule has 4 nitrogen and oxygen atoms in total. The highest BCUT2D eigenvalue weighted by Gasteiger charge is 2.19. The van der Waals surface area contributed by atoms with Gasteiger partial charge >= 0.3 is 0 Å². The SMILES string of the molecule is COc1cc(OC)cc(C(=O)N2CCCCC2)c1. The lowest BCUT2D eigenvalue weighted by molar-refractivity contribution is 0.0723. The zero-order valence-corrected chi connectivity index (χ0v) is 10.9. The molecule has 18 heavy (non-hydrogen) atoms. The molecule has 0 aliphatic carbocycles. The third-order valence-electron chi connectivity index (χ3n) is 3.24. The topological polar surface area (TPSA) is 38.8 Å². The number of piperidine rings is 1. The van der Waals surface area contributed by atoms with E-state index >= 15 is 0 Å². The maximum absolute atomic E-state index is 12.4. The summed E-state index contributed by atoms with van der Waals surface area (Å²) in [4.78, 5) is 14.3. The number of nitrogens with zero attached hydrogens (tertiary/aromatic N) is 1. The number of hydrogen-bond donors (Lipinski definition) is 0. The Morgan fingerprint density at radius 3 is 2.06 bits per heavy atom. The van der Waals surface area contributed by atoms with Crippen LogP contribution >= 0.6 is 0 Å². The lowest BCUT2D eigenvalue weighted by Gasteiger charge is -2.27. The molecular formula is C14H19NO3. The first kappa shape index (κ1) is 12.7. The molecule has 1 aliphatic rings. The second kappa shape index (κ2) is 5.76. The van der Waals surface area contributed by atoms with Crippen molar-refractivity contribution in [2.24, 2.45) is 0 Å². The van der Waals surface area contributed by atoms with Gasteiger partial charge in [0.05, 0.1) is 14.2 Å². The van der Waals surface area contributed by atoms with Gasteiger partial charge in [0.2, 0.25) is 0 Å². The Labute approximate surface area is 107 Å². The summed E-state index contributed by atoms with van der Waals surface area (Å²) in [5.74, 6) is 1.36. The molecule has 1 heterocycles. The van der Waals surface area contributed by atoms with E-state index in [1.165, 1.54) is 6.42 Å². The van der Waals surface area contributed by atoms with Crippen LogP contribution in [-0.4, -0.2) is 38.1 Å². The maximum Gasteiger partial charge on any atom is 0.254 e. The van der Waals surface area contributed by atoms with Crippen molar-refractivity contribution in [2.45, 2.75) is 19.3 Å². The van der Waals surface area contributed by atoms with Gasteiger partial charge in [0, 0.05) is 24.7 Å². The third kappa shape index (κ3) is 2.75. The van der Waals surface area contributed by atoms with Crippen LogP contribution in [0.1, 0.15) is 29.6 Å². The van der Waals surface area contributed by atoms with Gasteiger partial charge in [0.25, 0.3) is 5.91 Å². The predicted octanol–water partition coefficient (Wildman–Crippen LogP) is 2.33. The molecule has 0 radical (unpaired) electrons. The second-order valence-corrected chi connectivity index (χ2v) is 4.45. The van der Waals surface area contributed by atoms with Gasteiger partial charge in [-0.2, -0.15) is 0 Å². The van der Waals surface area contributed by atoms with E-state index in [-0.39, 0.29) is 5.91 Å². The number of amides is 1. The number of carbonyl (C=O) groups excluding carboxylic acids is 1. The molecule has 1 aromatic rings. The molecule has 1 amide bonds. The molecule has 1 saturated heterocycles. The van der Waals surface area contributed by atoms with Crippen molar-refractivity contribution in [2.75, 3.05) is 27.3 Å². The number of likely N-dealkylation sites (tertiary alicyclic amines) is 1. The standard InChI is InChI=1S/C14H19NO3/c1-17-12-8-11(9-13(10-12)18-2)14(16)15-6-4-3-5-7-15/h8-10H,3-7H2,1-2H3. The van der Waals surface area contributed by atoms with E-state index in [9.17, 15) is 4.79 Å². The van der Waals surface area contributed by atoms with Gasteiger partial charge in [-0.05, 0) is 31.4 Å². The van der Waals surface area contributed by atoms with Gasteiger partial charge in [-0.25, -0.2) is 0 Å². The van der Waals surface area contributed by atoms with Crippen LogP contribution in [0.4, 0.5) is 0 Å². The van der Waals surface area contributed by atoms with Crippen LogP contribution in [0.2, 0.25) is 0 Å². The Bertz CT molecular complexity index is 403. The fraction of sp³-hybridized carbons (Fsp3) is 0.500. The van der Waals surface area contributed by atoms with Crippen molar-refractivity contribution >= 4 is 5.91 Å². The average Bonchev–Trinajstić information content (AvgIpc) is 2.46. The molecule has 1 aliphatic heterocycles. The molecule has 0 unspecified atom stereocenters. The Kier molecular flexibility index (Phi) is 4.07. The summed E-state index contributed by atoms with van der Waals surface area (Å²) in [6.45, 7) is 1.69. The molecular weight excluding hydrogens is 230 g/mol. The smallest absolute Gasteiger partial charge is 0.254 e. The molecule has 98 valence electrons. The zero-order chi connectivity index (χ0) is 13.0. The molecule has 0 aromatic heterocycles. The van der Waals surface area contributed by atoms with E-state index in [1.807, 2.05) is 4.90 Å². The molecule has 0 N–H and O–H groups in total. The average molecular weight is 249 g/mol. The van der Waals surface area contributed by atoms with E-state index in [4.69, 9.17) is 9.47 Å². The first-order valence-corrected chi connectivity index (χ1v) is 6.27. The summed E-state index contributed by atoms with van der Waals surface area (Å²) >= 11 is 0. The minimum atomic E-state index is 0.0619. The van der Waals surface area contributed by atoms with E-state index in [2.05, 4.69) is 0 Å². The van der Waals surface area contributed by atoms with Crippen molar-refractivity contribution in [1.29, 1.82) is 0 Å². The zero-order valence-electron chi connectivity index (χ0n) is 10.9. The van der Waals surface area contributed by atoms with Gasteiger partial charge < -0.3 is 14.4 Å². The molecule has 0 bridgehead atoms. The van der Waals surface area contributed by atoms with Crippen molar-refractivity contribution in [1.82, 2.24) is 4.90 Å². The van der Waals surface area contributed by atoms with Gasteiger partial charge in [-0.15, -0.1) is 0 Å².